The maximum atomic E-state index is 11.6. The monoisotopic (exact) mass is 262 g/mol. The first-order chi connectivity index (χ1) is 9.13. The first-order valence-electron chi connectivity index (χ1n) is 6.85. The Hall–Kier alpha value is -1.39. The number of carbonyl (C=O) groups is 1. The normalized spacial score (nSPS) is 23.2. The summed E-state index contributed by atoms with van der Waals surface area (Å²) in [6.45, 7) is 4.70. The Morgan fingerprint density at radius 3 is 2.63 bits per heavy atom. The minimum Gasteiger partial charge on any atom is -0.480 e. The molecular weight excluding hydrogens is 240 g/mol. The Kier molecular flexibility index (Phi) is 4.56. The van der Waals surface area contributed by atoms with Crippen molar-refractivity contribution in [3.05, 3.63) is 35.9 Å². The van der Waals surface area contributed by atoms with Gasteiger partial charge in [0.2, 0.25) is 0 Å². The average Bonchev–Trinajstić information content (AvgIpc) is 2.41. The molecule has 1 fully saturated rings. The van der Waals surface area contributed by atoms with Gasteiger partial charge >= 0.3 is 5.97 Å². The summed E-state index contributed by atoms with van der Waals surface area (Å²) >= 11 is 0. The summed E-state index contributed by atoms with van der Waals surface area (Å²) in [6, 6.07) is 9.44. The minimum atomic E-state index is -0.759. The van der Waals surface area contributed by atoms with Crippen molar-refractivity contribution in [1.82, 2.24) is 9.80 Å². The molecule has 104 valence electrons. The van der Waals surface area contributed by atoms with Crippen molar-refractivity contribution >= 4 is 5.97 Å². The summed E-state index contributed by atoms with van der Waals surface area (Å²) in [6.07, 6.45) is 1.05. The SMILES string of the molecule is CCC1CN(C(C(=O)O)c2ccccc2)CCN1C. The lowest BCUT2D eigenvalue weighted by atomic mass is 10.0. The Labute approximate surface area is 114 Å². The van der Waals surface area contributed by atoms with Crippen molar-refractivity contribution < 1.29 is 9.90 Å². The highest BCUT2D eigenvalue weighted by Crippen LogP contribution is 2.24. The molecule has 4 nitrogen and oxygen atoms in total. The minimum absolute atomic E-state index is 0.444. The Bertz CT molecular complexity index is 421. The van der Waals surface area contributed by atoms with Gasteiger partial charge in [-0.2, -0.15) is 0 Å². The Morgan fingerprint density at radius 1 is 1.37 bits per heavy atom. The predicted molar refractivity (Wildman–Crippen MR) is 75.1 cm³/mol. The molecule has 2 rings (SSSR count). The van der Waals surface area contributed by atoms with Crippen LogP contribution in [0, 0.1) is 0 Å². The molecule has 0 aliphatic carbocycles. The molecule has 0 amide bonds. The number of carboxylic acid groups (broad SMARTS) is 1. The molecule has 0 spiro atoms. The van der Waals surface area contributed by atoms with Crippen LogP contribution in [0.5, 0.6) is 0 Å². The maximum Gasteiger partial charge on any atom is 0.325 e. The molecule has 19 heavy (non-hydrogen) atoms. The molecule has 0 bridgehead atoms. The van der Waals surface area contributed by atoms with Crippen LogP contribution in [0.2, 0.25) is 0 Å². The van der Waals surface area contributed by atoms with E-state index in [0.29, 0.717) is 6.04 Å². The second-order valence-electron chi connectivity index (χ2n) is 5.19. The van der Waals surface area contributed by atoms with Crippen LogP contribution in [0.4, 0.5) is 0 Å². The standard InChI is InChI=1S/C15H22N2O2/c1-3-13-11-17(10-9-16(13)2)14(15(18)19)12-7-5-4-6-8-12/h4-8,13-14H,3,9-11H2,1-2H3,(H,18,19). The zero-order valence-corrected chi connectivity index (χ0v) is 11.6. The summed E-state index contributed by atoms with van der Waals surface area (Å²) in [5, 5.41) is 9.55. The average molecular weight is 262 g/mol. The van der Waals surface area contributed by atoms with E-state index in [1.165, 1.54) is 0 Å². The van der Waals surface area contributed by atoms with Crippen LogP contribution in [0.1, 0.15) is 24.9 Å². The molecule has 1 aromatic carbocycles. The first-order valence-corrected chi connectivity index (χ1v) is 6.85. The largest absolute Gasteiger partial charge is 0.480 e. The third-order valence-corrected chi connectivity index (χ3v) is 3.99. The summed E-state index contributed by atoms with van der Waals surface area (Å²) in [4.78, 5) is 16.0. The molecule has 1 aliphatic rings. The highest BCUT2D eigenvalue weighted by molar-refractivity contribution is 5.75. The second kappa shape index (κ2) is 6.17. The highest BCUT2D eigenvalue weighted by Gasteiger charge is 2.32. The molecule has 0 aromatic heterocycles. The van der Waals surface area contributed by atoms with Gasteiger partial charge in [-0.15, -0.1) is 0 Å². The Morgan fingerprint density at radius 2 is 2.05 bits per heavy atom. The molecular formula is C15H22N2O2. The quantitative estimate of drug-likeness (QED) is 0.899. The van der Waals surface area contributed by atoms with Gasteiger partial charge in [-0.1, -0.05) is 37.3 Å². The zero-order chi connectivity index (χ0) is 13.8. The van der Waals surface area contributed by atoms with E-state index in [4.69, 9.17) is 0 Å². The van der Waals surface area contributed by atoms with Crippen molar-refractivity contribution in [3.8, 4) is 0 Å². The lowest BCUT2D eigenvalue weighted by Gasteiger charge is -2.41. The van der Waals surface area contributed by atoms with Crippen LogP contribution in [0.3, 0.4) is 0 Å². The third-order valence-electron chi connectivity index (χ3n) is 3.99. The topological polar surface area (TPSA) is 43.8 Å². The van der Waals surface area contributed by atoms with Crippen LogP contribution < -0.4 is 0 Å². The van der Waals surface area contributed by atoms with Crippen molar-refractivity contribution in [2.75, 3.05) is 26.7 Å². The van der Waals surface area contributed by atoms with Gasteiger partial charge in [-0.25, -0.2) is 0 Å². The zero-order valence-electron chi connectivity index (χ0n) is 11.6. The molecule has 2 atom stereocenters. The fourth-order valence-electron chi connectivity index (χ4n) is 2.79. The van der Waals surface area contributed by atoms with Gasteiger partial charge in [0.1, 0.15) is 6.04 Å². The van der Waals surface area contributed by atoms with Gasteiger partial charge in [0.15, 0.2) is 0 Å². The van der Waals surface area contributed by atoms with E-state index in [-0.39, 0.29) is 0 Å². The van der Waals surface area contributed by atoms with E-state index in [1.807, 2.05) is 30.3 Å². The number of hydrogen-bond acceptors (Lipinski definition) is 3. The number of piperazine rings is 1. The number of aliphatic carboxylic acids is 1. The molecule has 0 saturated carbocycles. The summed E-state index contributed by atoms with van der Waals surface area (Å²) in [7, 11) is 2.11. The first kappa shape index (κ1) is 14.0. The Balaban J connectivity index is 2.19. The lowest BCUT2D eigenvalue weighted by molar-refractivity contribution is -0.144. The third kappa shape index (κ3) is 3.14. The second-order valence-corrected chi connectivity index (χ2v) is 5.19. The highest BCUT2D eigenvalue weighted by atomic mass is 16.4. The number of benzene rings is 1. The van der Waals surface area contributed by atoms with E-state index in [1.54, 1.807) is 0 Å². The molecule has 4 heteroatoms. The van der Waals surface area contributed by atoms with Gasteiger partial charge in [0.25, 0.3) is 0 Å². The summed E-state index contributed by atoms with van der Waals surface area (Å²) < 4.78 is 0. The van der Waals surface area contributed by atoms with E-state index in [2.05, 4.69) is 23.8 Å². The number of nitrogens with zero attached hydrogens (tertiary/aromatic N) is 2. The van der Waals surface area contributed by atoms with Gasteiger partial charge in [-0.3, -0.25) is 9.69 Å². The molecule has 1 aromatic rings. The molecule has 0 radical (unpaired) electrons. The lowest BCUT2D eigenvalue weighted by Crippen LogP contribution is -2.53. The number of hydrogen-bond donors (Lipinski definition) is 1. The molecule has 1 heterocycles. The van der Waals surface area contributed by atoms with Crippen molar-refractivity contribution in [2.45, 2.75) is 25.4 Å². The summed E-state index contributed by atoms with van der Waals surface area (Å²) in [5.41, 5.74) is 0.870. The van der Waals surface area contributed by atoms with Crippen LogP contribution in [0.25, 0.3) is 0 Å². The molecule has 2 unspecified atom stereocenters. The van der Waals surface area contributed by atoms with Crippen LogP contribution in [-0.2, 0) is 4.79 Å². The van der Waals surface area contributed by atoms with Gasteiger partial charge < -0.3 is 10.0 Å². The van der Waals surface area contributed by atoms with Crippen molar-refractivity contribution in [3.63, 3.8) is 0 Å². The fraction of sp³-hybridized carbons (Fsp3) is 0.533. The van der Waals surface area contributed by atoms with Gasteiger partial charge in [0, 0.05) is 25.7 Å². The van der Waals surface area contributed by atoms with E-state index in [0.717, 1.165) is 31.6 Å². The van der Waals surface area contributed by atoms with E-state index >= 15 is 0 Å². The smallest absolute Gasteiger partial charge is 0.325 e. The number of rotatable bonds is 4. The van der Waals surface area contributed by atoms with Crippen LogP contribution in [-0.4, -0.2) is 53.6 Å². The van der Waals surface area contributed by atoms with Gasteiger partial charge in [-0.05, 0) is 19.0 Å². The molecule has 1 saturated heterocycles. The van der Waals surface area contributed by atoms with Crippen molar-refractivity contribution in [1.29, 1.82) is 0 Å². The van der Waals surface area contributed by atoms with Crippen molar-refractivity contribution in [2.24, 2.45) is 0 Å². The number of carboxylic acids is 1. The maximum absolute atomic E-state index is 11.6. The van der Waals surface area contributed by atoms with E-state index in [9.17, 15) is 9.90 Å². The van der Waals surface area contributed by atoms with Crippen LogP contribution in [0.15, 0.2) is 30.3 Å². The number of likely N-dealkylation sites (N-methyl/N-ethyl adjacent to an activating group) is 1. The van der Waals surface area contributed by atoms with E-state index < -0.39 is 12.0 Å². The van der Waals surface area contributed by atoms with Gasteiger partial charge in [0.05, 0.1) is 0 Å². The molecule has 1 N–H and O–H groups in total. The predicted octanol–water partition coefficient (Wildman–Crippen LogP) is 1.84. The molecule has 1 aliphatic heterocycles. The summed E-state index contributed by atoms with van der Waals surface area (Å²) in [5.74, 6) is -0.759. The fourth-order valence-corrected chi connectivity index (χ4v) is 2.79. The van der Waals surface area contributed by atoms with Crippen LogP contribution >= 0.6 is 0 Å².